The van der Waals surface area contributed by atoms with Crippen molar-refractivity contribution >= 4 is 34.9 Å². The second-order valence-electron chi connectivity index (χ2n) is 10.5. The molecule has 1 unspecified atom stereocenters. The minimum atomic E-state index is -4.86. The smallest absolute Gasteiger partial charge is 0.497 e. The van der Waals surface area contributed by atoms with E-state index in [4.69, 9.17) is 25.8 Å². The third-order valence-corrected chi connectivity index (χ3v) is 7.79. The second kappa shape index (κ2) is 12.2. The molecule has 8 nitrogen and oxygen atoms in total. The van der Waals surface area contributed by atoms with Gasteiger partial charge in [-0.3, -0.25) is 9.59 Å². The van der Waals surface area contributed by atoms with E-state index >= 15 is 0 Å². The molecular formula is C31H30ClF3N2O6. The lowest BCUT2D eigenvalue weighted by Crippen LogP contribution is -2.37. The summed E-state index contributed by atoms with van der Waals surface area (Å²) in [7, 11) is 2.86. The first-order valence-corrected chi connectivity index (χ1v) is 14.0. The van der Waals surface area contributed by atoms with Crippen LogP contribution in [-0.4, -0.2) is 45.6 Å². The van der Waals surface area contributed by atoms with E-state index in [0.29, 0.717) is 52.9 Å². The molecule has 0 spiro atoms. The van der Waals surface area contributed by atoms with Gasteiger partial charge >= 0.3 is 12.3 Å². The van der Waals surface area contributed by atoms with E-state index in [2.05, 4.69) is 10.1 Å². The van der Waals surface area contributed by atoms with E-state index in [9.17, 15) is 22.8 Å². The maximum Gasteiger partial charge on any atom is 0.573 e. The summed E-state index contributed by atoms with van der Waals surface area (Å²) in [6, 6.07) is 13.3. The minimum Gasteiger partial charge on any atom is -0.497 e. The first kappa shape index (κ1) is 30.3. The summed E-state index contributed by atoms with van der Waals surface area (Å²) >= 11 is 6.21. The molecule has 1 aliphatic carbocycles. The molecule has 12 heteroatoms. The van der Waals surface area contributed by atoms with Gasteiger partial charge in [-0.05, 0) is 54.7 Å². The highest BCUT2D eigenvalue weighted by Crippen LogP contribution is 2.41. The van der Waals surface area contributed by atoms with Crippen LogP contribution in [0, 0.1) is 18.8 Å². The van der Waals surface area contributed by atoms with Crippen LogP contribution in [0.2, 0.25) is 5.02 Å². The number of anilines is 2. The molecule has 1 heterocycles. The molecule has 1 saturated carbocycles. The van der Waals surface area contributed by atoms with Crippen molar-refractivity contribution in [2.45, 2.75) is 32.2 Å². The van der Waals surface area contributed by atoms with Gasteiger partial charge in [-0.25, -0.2) is 0 Å². The Kier molecular flexibility index (Phi) is 8.64. The molecule has 0 radical (unpaired) electrons. The number of ether oxygens (including phenoxy) is 4. The normalized spacial score (nSPS) is 18.0. The van der Waals surface area contributed by atoms with Crippen LogP contribution in [-0.2, 0) is 20.7 Å². The largest absolute Gasteiger partial charge is 0.573 e. The first-order valence-electron chi connectivity index (χ1n) is 13.6. The molecule has 43 heavy (non-hydrogen) atoms. The summed E-state index contributed by atoms with van der Waals surface area (Å²) in [5.74, 6) is -0.245. The zero-order chi connectivity index (χ0) is 30.9. The van der Waals surface area contributed by atoms with Crippen molar-refractivity contribution in [2.75, 3.05) is 37.6 Å². The molecule has 1 aliphatic heterocycles. The number of carbonyl (C=O) groups is 2. The van der Waals surface area contributed by atoms with Crippen LogP contribution in [0.15, 0.2) is 54.6 Å². The number of hydrogen-bond donors (Lipinski definition) is 1. The van der Waals surface area contributed by atoms with Gasteiger partial charge in [0.05, 0.1) is 32.4 Å². The van der Waals surface area contributed by atoms with Gasteiger partial charge in [-0.1, -0.05) is 23.7 Å². The van der Waals surface area contributed by atoms with Crippen molar-refractivity contribution in [3.8, 4) is 17.2 Å². The Balaban J connectivity index is 1.44. The highest BCUT2D eigenvalue weighted by Gasteiger charge is 2.44. The predicted octanol–water partition coefficient (Wildman–Crippen LogP) is 6.49. The van der Waals surface area contributed by atoms with Gasteiger partial charge in [0.15, 0.2) is 0 Å². The number of alkyl halides is 3. The molecule has 1 N–H and O–H groups in total. The maximum atomic E-state index is 14.2. The first-order chi connectivity index (χ1) is 20.5. The minimum absolute atomic E-state index is 0.0440. The van der Waals surface area contributed by atoms with E-state index in [0.717, 1.165) is 11.1 Å². The fraction of sp³-hybridized carbons (Fsp3) is 0.355. The quantitative estimate of drug-likeness (QED) is 0.260. The number of benzene rings is 3. The lowest BCUT2D eigenvalue weighted by molar-refractivity contribution is -0.274. The fourth-order valence-corrected chi connectivity index (χ4v) is 5.50. The van der Waals surface area contributed by atoms with Gasteiger partial charge < -0.3 is 29.2 Å². The summed E-state index contributed by atoms with van der Waals surface area (Å²) in [6.07, 6.45) is -3.70. The van der Waals surface area contributed by atoms with E-state index in [1.807, 2.05) is 6.92 Å². The number of amides is 1. The Bertz CT molecular complexity index is 1530. The summed E-state index contributed by atoms with van der Waals surface area (Å²) in [5, 5.41) is 3.79. The number of halogens is 4. The monoisotopic (exact) mass is 618 g/mol. The Labute approximate surface area is 251 Å². The lowest BCUT2D eigenvalue weighted by atomic mass is 9.99. The molecule has 0 aromatic heterocycles. The zero-order valence-corrected chi connectivity index (χ0v) is 24.4. The third kappa shape index (κ3) is 7.10. The van der Waals surface area contributed by atoms with E-state index in [1.54, 1.807) is 36.4 Å². The summed E-state index contributed by atoms with van der Waals surface area (Å²) < 4.78 is 59.1. The van der Waals surface area contributed by atoms with Crippen LogP contribution in [0.5, 0.6) is 17.2 Å². The molecule has 228 valence electrons. The number of carbonyl (C=O) groups excluding carboxylic acids is 2. The maximum absolute atomic E-state index is 14.2. The summed E-state index contributed by atoms with van der Waals surface area (Å²) in [5.41, 5.74) is 2.97. The molecule has 5 rings (SSSR count). The Morgan fingerprint density at radius 1 is 1.05 bits per heavy atom. The van der Waals surface area contributed by atoms with Gasteiger partial charge in [0.2, 0.25) is 0 Å². The average Bonchev–Trinajstić information content (AvgIpc) is 3.63. The van der Waals surface area contributed by atoms with Crippen molar-refractivity contribution in [3.05, 3.63) is 76.3 Å². The molecule has 2 aliphatic rings. The summed E-state index contributed by atoms with van der Waals surface area (Å²) in [6.45, 7) is 2.41. The second-order valence-corrected chi connectivity index (χ2v) is 10.9. The van der Waals surface area contributed by atoms with Crippen molar-refractivity contribution in [1.82, 2.24) is 0 Å². The van der Waals surface area contributed by atoms with Crippen LogP contribution in [0.1, 0.15) is 29.2 Å². The van der Waals surface area contributed by atoms with E-state index in [-0.39, 0.29) is 30.3 Å². The molecule has 1 fully saturated rings. The zero-order valence-electron chi connectivity index (χ0n) is 23.7. The number of fused-ring (bicyclic) bond motifs is 1. The summed E-state index contributed by atoms with van der Waals surface area (Å²) in [4.78, 5) is 27.4. The number of nitrogens with one attached hydrogen (secondary N) is 1. The van der Waals surface area contributed by atoms with Crippen molar-refractivity contribution in [3.63, 3.8) is 0 Å². The number of aryl methyl sites for hydroxylation is 1. The van der Waals surface area contributed by atoms with Crippen molar-refractivity contribution in [1.29, 1.82) is 0 Å². The lowest BCUT2D eigenvalue weighted by Gasteiger charge is -2.27. The fourth-order valence-electron chi connectivity index (χ4n) is 5.27. The van der Waals surface area contributed by atoms with Crippen molar-refractivity contribution < 1.29 is 41.7 Å². The van der Waals surface area contributed by atoms with E-state index in [1.165, 1.54) is 37.3 Å². The molecular weight excluding hydrogens is 589 g/mol. The number of rotatable bonds is 10. The predicted molar refractivity (Wildman–Crippen MR) is 154 cm³/mol. The Morgan fingerprint density at radius 3 is 2.51 bits per heavy atom. The molecule has 0 bridgehead atoms. The van der Waals surface area contributed by atoms with Gasteiger partial charge in [0.1, 0.15) is 23.3 Å². The third-order valence-electron chi connectivity index (χ3n) is 7.56. The van der Waals surface area contributed by atoms with Gasteiger partial charge in [0, 0.05) is 47.4 Å². The number of esters is 1. The average molecular weight is 619 g/mol. The number of nitrogens with zero attached hydrogens (tertiary/aromatic N) is 1. The molecule has 0 saturated heterocycles. The van der Waals surface area contributed by atoms with Crippen LogP contribution < -0.4 is 24.4 Å². The van der Waals surface area contributed by atoms with Gasteiger partial charge in [-0.2, -0.15) is 0 Å². The van der Waals surface area contributed by atoms with Gasteiger partial charge in [0.25, 0.3) is 5.91 Å². The van der Waals surface area contributed by atoms with E-state index < -0.39 is 18.2 Å². The Hall–Kier alpha value is -4.12. The standard InChI is InChI=1S/C31H30ClF3N2O6/c1-17-10-20(32)5-7-25(17)28(29(38)37-9-8-18-4-6-22(15-27(18)37)43-31(33,34)35)36-21-12-23(40-2)14-24(13-21)42-16-19-11-26(19)30(39)41-3/h4-7,10,12-15,19,26,28,36H,8-9,11,16H2,1-3H3/t19-,26+,28?/m0/s1. The molecule has 3 aromatic rings. The highest BCUT2D eigenvalue weighted by molar-refractivity contribution is 6.30. The number of methoxy groups -OCH3 is 2. The highest BCUT2D eigenvalue weighted by atomic mass is 35.5. The van der Waals surface area contributed by atoms with Crippen LogP contribution in [0.4, 0.5) is 24.5 Å². The van der Waals surface area contributed by atoms with Gasteiger partial charge in [-0.15, -0.1) is 13.2 Å². The topological polar surface area (TPSA) is 86.3 Å². The van der Waals surface area contributed by atoms with Crippen LogP contribution in [0.3, 0.4) is 0 Å². The SMILES string of the molecule is COC(=O)[C@@H]1C[C@H]1COc1cc(NC(C(=O)N2CCc3ccc(OC(F)(F)F)cc32)c2ccc(Cl)cc2C)cc(OC)c1. The molecule has 3 atom stereocenters. The van der Waals surface area contributed by atoms with Crippen LogP contribution >= 0.6 is 11.6 Å². The Morgan fingerprint density at radius 2 is 1.81 bits per heavy atom. The van der Waals surface area contributed by atoms with Crippen LogP contribution in [0.25, 0.3) is 0 Å². The molecule has 3 aromatic carbocycles. The van der Waals surface area contributed by atoms with Crippen molar-refractivity contribution in [2.24, 2.45) is 11.8 Å². The molecule has 1 amide bonds. The number of hydrogen-bond acceptors (Lipinski definition) is 7.